The predicted molar refractivity (Wildman–Crippen MR) is 69.3 cm³/mol. The van der Waals surface area contributed by atoms with E-state index in [9.17, 15) is 0 Å². The molecule has 0 amide bonds. The van der Waals surface area contributed by atoms with Crippen LogP contribution in [0.25, 0.3) is 0 Å². The fraction of sp³-hybridized carbons (Fsp3) is 0.600. The van der Waals surface area contributed by atoms with Gasteiger partial charge in [0.05, 0.1) is 0 Å². The van der Waals surface area contributed by atoms with Gasteiger partial charge in [-0.3, -0.25) is 0 Å². The van der Waals surface area contributed by atoms with E-state index >= 15 is 0 Å². The normalized spacial score (nSPS) is 25.6. The Hall–Kier alpha value is -1.02. The summed E-state index contributed by atoms with van der Waals surface area (Å²) in [6.07, 6.45) is 7.41. The van der Waals surface area contributed by atoms with E-state index in [0.29, 0.717) is 5.92 Å². The number of rotatable bonds is 2. The summed E-state index contributed by atoms with van der Waals surface area (Å²) in [6.45, 7) is 0.754. The molecule has 1 aliphatic heterocycles. The van der Waals surface area contributed by atoms with Crippen molar-refractivity contribution in [2.45, 2.75) is 50.0 Å². The number of benzene rings is 1. The second kappa shape index (κ2) is 4.34. The Labute approximate surface area is 103 Å². The highest BCUT2D eigenvalue weighted by molar-refractivity contribution is 5.43. The summed E-state index contributed by atoms with van der Waals surface area (Å²) in [5.41, 5.74) is 7.26. The summed E-state index contributed by atoms with van der Waals surface area (Å²) in [7, 11) is 0. The van der Waals surface area contributed by atoms with Gasteiger partial charge in [-0.2, -0.15) is 0 Å². The molecule has 92 valence electrons. The van der Waals surface area contributed by atoms with Crippen LogP contribution in [0.5, 0.6) is 5.75 Å². The van der Waals surface area contributed by atoms with Gasteiger partial charge in [0.2, 0.25) is 0 Å². The minimum atomic E-state index is 0.0707. The Morgan fingerprint density at radius 3 is 2.71 bits per heavy atom. The summed E-state index contributed by atoms with van der Waals surface area (Å²) in [6, 6.07) is 8.52. The second-order valence-corrected chi connectivity index (χ2v) is 5.40. The van der Waals surface area contributed by atoms with Crippen LogP contribution in [-0.2, 0) is 0 Å². The Bertz CT molecular complexity index is 396. The van der Waals surface area contributed by atoms with Gasteiger partial charge in [-0.1, -0.05) is 24.6 Å². The molecular weight excluding hydrogens is 210 g/mol. The van der Waals surface area contributed by atoms with Gasteiger partial charge in [0, 0.05) is 11.5 Å². The van der Waals surface area contributed by atoms with Crippen molar-refractivity contribution < 1.29 is 4.74 Å². The molecule has 2 N–H and O–H groups in total. The van der Waals surface area contributed by atoms with E-state index in [4.69, 9.17) is 10.5 Å². The third-order valence-electron chi connectivity index (χ3n) is 4.40. The van der Waals surface area contributed by atoms with Crippen molar-refractivity contribution in [2.24, 2.45) is 5.73 Å². The third-order valence-corrected chi connectivity index (χ3v) is 4.40. The average Bonchev–Trinajstić information content (AvgIpc) is 2.65. The van der Waals surface area contributed by atoms with Crippen LogP contribution in [0, 0.1) is 0 Å². The standard InChI is InChI=1S/C15H21NO/c16-11-8-13-12-6-2-3-7-14(12)17-15(13)9-4-1-5-10-15/h2-3,6-7,13H,1,4-5,8-11,16H2/t13-/m1/s1. The van der Waals surface area contributed by atoms with Gasteiger partial charge in [0.15, 0.2) is 0 Å². The van der Waals surface area contributed by atoms with Crippen LogP contribution in [0.15, 0.2) is 24.3 Å². The van der Waals surface area contributed by atoms with Gasteiger partial charge in [-0.05, 0) is 44.7 Å². The quantitative estimate of drug-likeness (QED) is 0.848. The van der Waals surface area contributed by atoms with Gasteiger partial charge in [0.25, 0.3) is 0 Å². The fourth-order valence-corrected chi connectivity index (χ4v) is 3.62. The maximum absolute atomic E-state index is 6.35. The highest BCUT2D eigenvalue weighted by Gasteiger charge is 2.47. The Kier molecular flexibility index (Phi) is 2.83. The van der Waals surface area contributed by atoms with Crippen molar-refractivity contribution in [2.75, 3.05) is 6.54 Å². The molecule has 1 aromatic rings. The zero-order valence-corrected chi connectivity index (χ0v) is 10.3. The van der Waals surface area contributed by atoms with Crippen LogP contribution >= 0.6 is 0 Å². The van der Waals surface area contributed by atoms with Crippen molar-refractivity contribution >= 4 is 0 Å². The molecule has 1 saturated carbocycles. The van der Waals surface area contributed by atoms with Gasteiger partial charge in [-0.15, -0.1) is 0 Å². The van der Waals surface area contributed by atoms with E-state index in [0.717, 1.165) is 18.7 Å². The van der Waals surface area contributed by atoms with Crippen molar-refractivity contribution in [3.05, 3.63) is 29.8 Å². The highest BCUT2D eigenvalue weighted by atomic mass is 16.5. The lowest BCUT2D eigenvalue weighted by atomic mass is 9.73. The first-order valence-corrected chi connectivity index (χ1v) is 6.84. The number of para-hydroxylation sites is 1. The molecule has 1 atom stereocenters. The van der Waals surface area contributed by atoms with Crippen LogP contribution < -0.4 is 10.5 Å². The lowest BCUT2D eigenvalue weighted by Gasteiger charge is -2.38. The number of fused-ring (bicyclic) bond motifs is 1. The molecule has 0 aromatic heterocycles. The maximum Gasteiger partial charge on any atom is 0.123 e. The summed E-state index contributed by atoms with van der Waals surface area (Å²) in [5.74, 6) is 1.62. The van der Waals surface area contributed by atoms with E-state index in [-0.39, 0.29) is 5.60 Å². The van der Waals surface area contributed by atoms with Crippen LogP contribution in [0.3, 0.4) is 0 Å². The van der Waals surface area contributed by atoms with Gasteiger partial charge >= 0.3 is 0 Å². The second-order valence-electron chi connectivity index (χ2n) is 5.40. The smallest absolute Gasteiger partial charge is 0.123 e. The van der Waals surface area contributed by atoms with Crippen molar-refractivity contribution in [3.63, 3.8) is 0 Å². The zero-order valence-electron chi connectivity index (χ0n) is 10.3. The van der Waals surface area contributed by atoms with Crippen LogP contribution in [-0.4, -0.2) is 12.1 Å². The Balaban J connectivity index is 1.96. The third kappa shape index (κ3) is 1.75. The molecule has 2 aliphatic rings. The molecule has 1 spiro atoms. The molecule has 1 aliphatic carbocycles. The predicted octanol–water partition coefficient (Wildman–Crippen LogP) is 3.21. The lowest BCUT2D eigenvalue weighted by Crippen LogP contribution is -2.40. The molecule has 0 unspecified atom stereocenters. The van der Waals surface area contributed by atoms with E-state index in [1.54, 1.807) is 0 Å². The van der Waals surface area contributed by atoms with E-state index in [1.807, 2.05) is 0 Å². The lowest BCUT2D eigenvalue weighted by molar-refractivity contribution is 0.0269. The number of nitrogens with two attached hydrogens (primary N) is 1. The minimum absolute atomic E-state index is 0.0707. The molecule has 1 aromatic carbocycles. The summed E-state index contributed by atoms with van der Waals surface area (Å²) in [5, 5.41) is 0. The molecule has 17 heavy (non-hydrogen) atoms. The molecule has 0 bridgehead atoms. The molecule has 2 heteroatoms. The molecule has 1 heterocycles. The number of ether oxygens (including phenoxy) is 1. The molecule has 2 nitrogen and oxygen atoms in total. The first-order chi connectivity index (χ1) is 8.36. The monoisotopic (exact) mass is 231 g/mol. The average molecular weight is 231 g/mol. The summed E-state index contributed by atoms with van der Waals surface area (Å²) < 4.78 is 6.35. The van der Waals surface area contributed by atoms with Crippen LogP contribution in [0.4, 0.5) is 0 Å². The molecule has 0 saturated heterocycles. The minimum Gasteiger partial charge on any atom is -0.486 e. The SMILES string of the molecule is NCC[C@@H]1c2ccccc2OC12CCCCC2. The van der Waals surface area contributed by atoms with Crippen LogP contribution in [0.1, 0.15) is 50.0 Å². The first-order valence-electron chi connectivity index (χ1n) is 6.84. The van der Waals surface area contributed by atoms with Gasteiger partial charge < -0.3 is 10.5 Å². The highest BCUT2D eigenvalue weighted by Crippen LogP contribution is 2.52. The topological polar surface area (TPSA) is 35.2 Å². The van der Waals surface area contributed by atoms with Crippen LogP contribution in [0.2, 0.25) is 0 Å². The molecule has 1 fully saturated rings. The number of hydrogen-bond donors (Lipinski definition) is 1. The summed E-state index contributed by atoms with van der Waals surface area (Å²) in [4.78, 5) is 0. The molecule has 3 rings (SSSR count). The number of hydrogen-bond acceptors (Lipinski definition) is 2. The van der Waals surface area contributed by atoms with Crippen molar-refractivity contribution in [3.8, 4) is 5.75 Å². The van der Waals surface area contributed by atoms with Crippen molar-refractivity contribution in [1.82, 2.24) is 0 Å². The van der Waals surface area contributed by atoms with Gasteiger partial charge in [-0.25, -0.2) is 0 Å². The van der Waals surface area contributed by atoms with Gasteiger partial charge in [0.1, 0.15) is 11.4 Å². The Morgan fingerprint density at radius 1 is 1.18 bits per heavy atom. The largest absolute Gasteiger partial charge is 0.486 e. The fourth-order valence-electron chi connectivity index (χ4n) is 3.62. The van der Waals surface area contributed by atoms with E-state index in [1.165, 1.54) is 37.7 Å². The first kappa shape index (κ1) is 11.1. The zero-order chi connectivity index (χ0) is 11.7. The molecular formula is C15H21NO. The van der Waals surface area contributed by atoms with Crippen molar-refractivity contribution in [1.29, 1.82) is 0 Å². The summed E-state index contributed by atoms with van der Waals surface area (Å²) >= 11 is 0. The molecule has 0 radical (unpaired) electrons. The Morgan fingerprint density at radius 2 is 1.94 bits per heavy atom. The van der Waals surface area contributed by atoms with E-state index < -0.39 is 0 Å². The van der Waals surface area contributed by atoms with E-state index in [2.05, 4.69) is 24.3 Å². The maximum atomic E-state index is 6.35.